The maximum Gasteiger partial charge on any atom is 0.124 e. The fourth-order valence-electron chi connectivity index (χ4n) is 1.66. The van der Waals surface area contributed by atoms with Gasteiger partial charge in [0.2, 0.25) is 0 Å². The monoisotopic (exact) mass is 251 g/mol. The third-order valence-corrected chi connectivity index (χ3v) is 3.11. The molecule has 1 aromatic rings. The van der Waals surface area contributed by atoms with Crippen LogP contribution >= 0.6 is 12.2 Å². The first-order valence-electron chi connectivity index (χ1n) is 5.75. The van der Waals surface area contributed by atoms with Crippen LogP contribution in [0.5, 0.6) is 5.75 Å². The maximum atomic E-state index is 5.66. The van der Waals surface area contributed by atoms with Crippen molar-refractivity contribution in [3.8, 4) is 5.75 Å². The minimum atomic E-state index is 0.399. The first-order valence-corrected chi connectivity index (χ1v) is 6.16. The molecule has 0 amide bonds. The lowest BCUT2D eigenvalue weighted by atomic mass is 10.1. The summed E-state index contributed by atoms with van der Waals surface area (Å²) in [5.41, 5.74) is 7.46. The predicted molar refractivity (Wildman–Crippen MR) is 71.3 cm³/mol. The molecule has 0 heterocycles. The number of benzene rings is 1. The Morgan fingerprint density at radius 2 is 2.24 bits per heavy atom. The summed E-state index contributed by atoms with van der Waals surface area (Å²) in [5.74, 6) is 1.58. The second-order valence-corrected chi connectivity index (χ2v) is 4.79. The molecule has 0 atom stereocenters. The second-order valence-electron chi connectivity index (χ2n) is 4.35. The van der Waals surface area contributed by atoms with Crippen LogP contribution in [0.4, 0.5) is 0 Å². The van der Waals surface area contributed by atoms with Crippen molar-refractivity contribution in [2.75, 3.05) is 13.7 Å². The predicted octanol–water partition coefficient (Wildman–Crippen LogP) is 2.26. The van der Waals surface area contributed by atoms with E-state index in [1.165, 1.54) is 12.8 Å². The average Bonchev–Trinajstić information content (AvgIpc) is 3.13. The van der Waals surface area contributed by atoms with Crippen molar-refractivity contribution in [2.45, 2.75) is 19.4 Å². The summed E-state index contributed by atoms with van der Waals surface area (Å²) in [7, 11) is 1.65. The molecular weight excluding hydrogens is 234 g/mol. The minimum Gasteiger partial charge on any atom is -0.496 e. The van der Waals surface area contributed by atoms with Gasteiger partial charge in [-0.25, -0.2) is 0 Å². The Hall–Kier alpha value is -1.13. The summed E-state index contributed by atoms with van der Waals surface area (Å²) in [5, 5.41) is 0. The number of hydrogen-bond donors (Lipinski definition) is 1. The Bertz CT molecular complexity index is 416. The van der Waals surface area contributed by atoms with Crippen molar-refractivity contribution in [1.29, 1.82) is 0 Å². The standard InChI is InChI=1S/C13H17NO2S/c1-15-12-5-4-10(13(14)17)6-11(12)8-16-7-9-2-3-9/h4-6,9H,2-3,7-8H2,1H3,(H2,14,17). The molecule has 0 unspecified atom stereocenters. The van der Waals surface area contributed by atoms with Crippen LogP contribution in [0.1, 0.15) is 24.0 Å². The van der Waals surface area contributed by atoms with Gasteiger partial charge in [0.05, 0.1) is 13.7 Å². The number of rotatable bonds is 6. The molecule has 92 valence electrons. The van der Waals surface area contributed by atoms with E-state index in [4.69, 9.17) is 27.4 Å². The fraction of sp³-hybridized carbons (Fsp3) is 0.462. The smallest absolute Gasteiger partial charge is 0.124 e. The van der Waals surface area contributed by atoms with E-state index in [1.54, 1.807) is 7.11 Å². The highest BCUT2D eigenvalue weighted by molar-refractivity contribution is 7.80. The molecule has 1 saturated carbocycles. The van der Waals surface area contributed by atoms with Crippen LogP contribution < -0.4 is 10.5 Å². The first-order chi connectivity index (χ1) is 8.20. The zero-order valence-electron chi connectivity index (χ0n) is 9.94. The van der Waals surface area contributed by atoms with Gasteiger partial charge in [-0.1, -0.05) is 12.2 Å². The van der Waals surface area contributed by atoms with Crippen molar-refractivity contribution < 1.29 is 9.47 Å². The lowest BCUT2D eigenvalue weighted by molar-refractivity contribution is 0.109. The summed E-state index contributed by atoms with van der Waals surface area (Å²) in [6.45, 7) is 1.39. The van der Waals surface area contributed by atoms with Crippen molar-refractivity contribution in [1.82, 2.24) is 0 Å². The lowest BCUT2D eigenvalue weighted by Crippen LogP contribution is -2.10. The van der Waals surface area contributed by atoms with E-state index in [1.807, 2.05) is 18.2 Å². The Morgan fingerprint density at radius 1 is 1.47 bits per heavy atom. The van der Waals surface area contributed by atoms with E-state index in [0.29, 0.717) is 11.6 Å². The van der Waals surface area contributed by atoms with Crippen molar-refractivity contribution in [3.05, 3.63) is 29.3 Å². The Balaban J connectivity index is 2.04. The van der Waals surface area contributed by atoms with Crippen LogP contribution in [0, 0.1) is 5.92 Å². The van der Waals surface area contributed by atoms with Gasteiger partial charge in [0.1, 0.15) is 10.7 Å². The summed E-state index contributed by atoms with van der Waals surface area (Å²) in [6, 6.07) is 5.68. The SMILES string of the molecule is COc1ccc(C(N)=S)cc1COCC1CC1. The van der Waals surface area contributed by atoms with Crippen LogP contribution in [-0.4, -0.2) is 18.7 Å². The normalized spacial score (nSPS) is 14.6. The van der Waals surface area contributed by atoms with Gasteiger partial charge < -0.3 is 15.2 Å². The van der Waals surface area contributed by atoms with Crippen molar-refractivity contribution in [3.63, 3.8) is 0 Å². The number of ether oxygens (including phenoxy) is 2. The van der Waals surface area contributed by atoms with Crippen LogP contribution in [0.15, 0.2) is 18.2 Å². The van der Waals surface area contributed by atoms with Crippen molar-refractivity contribution >= 4 is 17.2 Å². The fourth-order valence-corrected chi connectivity index (χ4v) is 1.79. The van der Waals surface area contributed by atoms with Gasteiger partial charge in [0.25, 0.3) is 0 Å². The molecule has 3 nitrogen and oxygen atoms in total. The number of nitrogens with two attached hydrogens (primary N) is 1. The molecule has 17 heavy (non-hydrogen) atoms. The zero-order valence-corrected chi connectivity index (χ0v) is 10.8. The number of thiocarbonyl (C=S) groups is 1. The van der Waals surface area contributed by atoms with Gasteiger partial charge in [-0.15, -0.1) is 0 Å². The van der Waals surface area contributed by atoms with Gasteiger partial charge >= 0.3 is 0 Å². The van der Waals surface area contributed by atoms with Gasteiger partial charge in [-0.3, -0.25) is 0 Å². The van der Waals surface area contributed by atoms with Crippen LogP contribution in [-0.2, 0) is 11.3 Å². The molecule has 1 aliphatic rings. The highest BCUT2D eigenvalue weighted by Gasteiger charge is 2.21. The van der Waals surface area contributed by atoms with E-state index in [-0.39, 0.29) is 0 Å². The van der Waals surface area contributed by atoms with Crippen LogP contribution in [0.3, 0.4) is 0 Å². The Labute approximate surface area is 107 Å². The molecule has 0 bridgehead atoms. The summed E-state index contributed by atoms with van der Waals surface area (Å²) in [6.07, 6.45) is 2.59. The van der Waals surface area contributed by atoms with Gasteiger partial charge in [-0.05, 0) is 37.0 Å². The molecule has 1 aliphatic carbocycles. The first kappa shape index (κ1) is 12.3. The molecule has 0 radical (unpaired) electrons. The van der Waals surface area contributed by atoms with Crippen molar-refractivity contribution in [2.24, 2.45) is 11.7 Å². The minimum absolute atomic E-state index is 0.399. The molecule has 0 saturated heterocycles. The molecular formula is C13H17NO2S. The summed E-state index contributed by atoms with van der Waals surface area (Å²) >= 11 is 4.96. The Morgan fingerprint density at radius 3 is 2.82 bits per heavy atom. The van der Waals surface area contributed by atoms with Gasteiger partial charge in [0, 0.05) is 17.7 Å². The van der Waals surface area contributed by atoms with E-state index in [9.17, 15) is 0 Å². The highest BCUT2D eigenvalue weighted by atomic mass is 32.1. The molecule has 0 aliphatic heterocycles. The molecule has 0 aromatic heterocycles. The lowest BCUT2D eigenvalue weighted by Gasteiger charge is -2.10. The van der Waals surface area contributed by atoms with E-state index >= 15 is 0 Å². The van der Waals surface area contributed by atoms with E-state index < -0.39 is 0 Å². The quantitative estimate of drug-likeness (QED) is 0.788. The van der Waals surface area contributed by atoms with E-state index in [2.05, 4.69) is 0 Å². The molecule has 1 aromatic carbocycles. The third kappa shape index (κ3) is 3.41. The Kier molecular flexibility index (Phi) is 3.97. The topological polar surface area (TPSA) is 44.5 Å². The molecule has 0 spiro atoms. The maximum absolute atomic E-state index is 5.66. The molecule has 2 rings (SSSR count). The van der Waals surface area contributed by atoms with E-state index in [0.717, 1.165) is 29.4 Å². The average molecular weight is 251 g/mol. The summed E-state index contributed by atoms with van der Waals surface area (Å²) in [4.78, 5) is 0.399. The highest BCUT2D eigenvalue weighted by Crippen LogP contribution is 2.29. The number of hydrogen-bond acceptors (Lipinski definition) is 3. The number of methoxy groups -OCH3 is 1. The third-order valence-electron chi connectivity index (χ3n) is 2.87. The largest absolute Gasteiger partial charge is 0.496 e. The molecule has 2 N–H and O–H groups in total. The second kappa shape index (κ2) is 5.47. The zero-order chi connectivity index (χ0) is 12.3. The van der Waals surface area contributed by atoms with Crippen LogP contribution in [0.2, 0.25) is 0 Å². The molecule has 4 heteroatoms. The van der Waals surface area contributed by atoms with Crippen LogP contribution in [0.25, 0.3) is 0 Å². The van der Waals surface area contributed by atoms with Gasteiger partial charge in [0.15, 0.2) is 0 Å². The summed E-state index contributed by atoms with van der Waals surface area (Å²) < 4.78 is 10.9. The van der Waals surface area contributed by atoms with Gasteiger partial charge in [-0.2, -0.15) is 0 Å². The molecule has 1 fully saturated rings.